The summed E-state index contributed by atoms with van der Waals surface area (Å²) in [6.07, 6.45) is 3.83. The molecule has 1 rings (SSSR count). The van der Waals surface area contributed by atoms with E-state index in [4.69, 9.17) is 10.8 Å². The smallest absolute Gasteiger partial charge is 0.133 e. The molecule has 0 aliphatic heterocycles. The van der Waals surface area contributed by atoms with Crippen LogP contribution in [-0.2, 0) is 0 Å². The van der Waals surface area contributed by atoms with E-state index in [1.807, 2.05) is 0 Å². The van der Waals surface area contributed by atoms with E-state index < -0.39 is 0 Å². The fourth-order valence-corrected chi connectivity index (χ4v) is 0.917. The molecule has 3 N–H and O–H groups in total. The molecule has 0 bridgehead atoms. The molecule has 1 heterocycles. The van der Waals surface area contributed by atoms with Gasteiger partial charge in [0.1, 0.15) is 5.75 Å². The lowest BCUT2D eigenvalue weighted by atomic mass is 10.1. The lowest BCUT2D eigenvalue weighted by Crippen LogP contribution is -2.10. The van der Waals surface area contributed by atoms with Gasteiger partial charge in [0.05, 0.1) is 17.9 Å². The summed E-state index contributed by atoms with van der Waals surface area (Å²) in [6.45, 7) is 3.59. The molecule has 64 valence electrons. The van der Waals surface area contributed by atoms with Crippen LogP contribution in [0.15, 0.2) is 31.0 Å². The van der Waals surface area contributed by atoms with Crippen LogP contribution >= 0.6 is 0 Å². The van der Waals surface area contributed by atoms with Gasteiger partial charge in [-0.3, -0.25) is 4.98 Å². The average molecular weight is 164 g/mol. The van der Waals surface area contributed by atoms with E-state index in [1.54, 1.807) is 18.2 Å². The predicted molar refractivity (Wildman–Crippen MR) is 47.6 cm³/mol. The first kappa shape index (κ1) is 8.74. The highest BCUT2D eigenvalue weighted by molar-refractivity contribution is 5.19. The van der Waals surface area contributed by atoms with Gasteiger partial charge in [-0.25, -0.2) is 0 Å². The summed E-state index contributed by atoms with van der Waals surface area (Å²) < 4.78 is 0. The molecule has 0 radical (unpaired) electrons. The number of nitrogens with two attached hydrogens (primary N) is 1. The number of pyridine rings is 1. The van der Waals surface area contributed by atoms with Crippen LogP contribution < -0.4 is 5.73 Å². The van der Waals surface area contributed by atoms with Gasteiger partial charge in [0.2, 0.25) is 0 Å². The largest absolute Gasteiger partial charge is 0.506 e. The van der Waals surface area contributed by atoms with E-state index in [0.29, 0.717) is 6.42 Å². The van der Waals surface area contributed by atoms with E-state index in [1.165, 1.54) is 6.20 Å². The third kappa shape index (κ3) is 2.07. The van der Waals surface area contributed by atoms with Crippen molar-refractivity contribution in [2.24, 2.45) is 5.73 Å². The Labute approximate surface area is 71.6 Å². The topological polar surface area (TPSA) is 59.1 Å². The van der Waals surface area contributed by atoms with Crippen molar-refractivity contribution in [2.45, 2.75) is 12.5 Å². The zero-order chi connectivity index (χ0) is 8.97. The summed E-state index contributed by atoms with van der Waals surface area (Å²) >= 11 is 0. The van der Waals surface area contributed by atoms with Crippen molar-refractivity contribution >= 4 is 0 Å². The molecule has 0 unspecified atom stereocenters. The minimum Gasteiger partial charge on any atom is -0.506 e. The highest BCUT2D eigenvalue weighted by atomic mass is 16.3. The summed E-state index contributed by atoms with van der Waals surface area (Å²) in [5.74, 6) is 0.157. The summed E-state index contributed by atoms with van der Waals surface area (Å²) in [6, 6.07) is 3.16. The Morgan fingerprint density at radius 3 is 2.92 bits per heavy atom. The van der Waals surface area contributed by atoms with Gasteiger partial charge in [-0.2, -0.15) is 0 Å². The Balaban J connectivity index is 2.74. The lowest BCUT2D eigenvalue weighted by molar-refractivity contribution is 0.471. The van der Waals surface area contributed by atoms with Gasteiger partial charge in [-0.05, 0) is 18.6 Å². The molecule has 1 atom stereocenters. The van der Waals surface area contributed by atoms with Crippen LogP contribution in [0, 0.1) is 0 Å². The minimum atomic E-state index is -0.122. The Morgan fingerprint density at radius 2 is 2.42 bits per heavy atom. The van der Waals surface area contributed by atoms with Crippen LogP contribution in [0.5, 0.6) is 5.75 Å². The van der Waals surface area contributed by atoms with Crippen molar-refractivity contribution in [3.05, 3.63) is 36.7 Å². The van der Waals surface area contributed by atoms with E-state index in [-0.39, 0.29) is 11.8 Å². The second kappa shape index (κ2) is 3.88. The second-order valence-electron chi connectivity index (χ2n) is 2.57. The number of nitrogens with zero attached hydrogens (tertiary/aromatic N) is 1. The fourth-order valence-electron chi connectivity index (χ4n) is 0.917. The molecule has 1 aromatic rings. The van der Waals surface area contributed by atoms with Gasteiger partial charge in [-0.15, -0.1) is 6.58 Å². The molecule has 0 aliphatic rings. The monoisotopic (exact) mass is 164 g/mol. The van der Waals surface area contributed by atoms with E-state index >= 15 is 0 Å². The second-order valence-corrected chi connectivity index (χ2v) is 2.57. The first-order valence-corrected chi connectivity index (χ1v) is 3.75. The molecule has 0 amide bonds. The Morgan fingerprint density at radius 1 is 1.67 bits per heavy atom. The van der Waals surface area contributed by atoms with Crippen molar-refractivity contribution in [2.75, 3.05) is 0 Å². The van der Waals surface area contributed by atoms with Crippen molar-refractivity contribution < 1.29 is 5.11 Å². The number of hydrogen-bond donors (Lipinski definition) is 2. The van der Waals surface area contributed by atoms with Crippen molar-refractivity contribution in [1.82, 2.24) is 4.98 Å². The van der Waals surface area contributed by atoms with Crippen LogP contribution in [0.2, 0.25) is 0 Å². The molecule has 3 nitrogen and oxygen atoms in total. The quantitative estimate of drug-likeness (QED) is 0.663. The Kier molecular flexibility index (Phi) is 2.82. The maximum absolute atomic E-state index is 8.94. The molecule has 3 heteroatoms. The van der Waals surface area contributed by atoms with E-state index in [0.717, 1.165) is 5.69 Å². The van der Waals surface area contributed by atoms with Gasteiger partial charge in [-0.1, -0.05) is 6.08 Å². The van der Waals surface area contributed by atoms with Gasteiger partial charge in [0.15, 0.2) is 0 Å². The maximum atomic E-state index is 8.94. The highest BCUT2D eigenvalue weighted by Gasteiger charge is 2.03. The zero-order valence-corrected chi connectivity index (χ0v) is 6.77. The maximum Gasteiger partial charge on any atom is 0.133 e. The fraction of sp³-hybridized carbons (Fsp3) is 0.222. The Hall–Kier alpha value is -1.35. The first-order chi connectivity index (χ1) is 5.74. The lowest BCUT2D eigenvalue weighted by Gasteiger charge is -2.07. The number of hydrogen-bond acceptors (Lipinski definition) is 3. The first-order valence-electron chi connectivity index (χ1n) is 3.75. The molecular weight excluding hydrogens is 152 g/mol. The van der Waals surface area contributed by atoms with Gasteiger partial charge in [0, 0.05) is 0 Å². The molecule has 1 aromatic heterocycles. The highest BCUT2D eigenvalue weighted by Crippen LogP contribution is 2.13. The number of aromatic nitrogens is 1. The van der Waals surface area contributed by atoms with Crippen molar-refractivity contribution in [3.63, 3.8) is 0 Å². The van der Waals surface area contributed by atoms with Crippen LogP contribution in [0.25, 0.3) is 0 Å². The van der Waals surface area contributed by atoms with Crippen LogP contribution in [0.1, 0.15) is 18.2 Å². The third-order valence-electron chi connectivity index (χ3n) is 1.57. The molecule has 0 saturated carbocycles. The molecule has 12 heavy (non-hydrogen) atoms. The molecular formula is C9H12N2O. The SMILES string of the molecule is C=CC[C@H](N)c1ccc(O)cn1. The summed E-state index contributed by atoms with van der Waals surface area (Å²) in [5, 5.41) is 8.94. The molecule has 0 saturated heterocycles. The normalized spacial score (nSPS) is 12.4. The van der Waals surface area contributed by atoms with Crippen molar-refractivity contribution in [1.29, 1.82) is 0 Å². The summed E-state index contributed by atoms with van der Waals surface area (Å²) in [4.78, 5) is 3.97. The summed E-state index contributed by atoms with van der Waals surface area (Å²) in [5.41, 5.74) is 6.51. The van der Waals surface area contributed by atoms with Gasteiger partial charge in [0.25, 0.3) is 0 Å². The van der Waals surface area contributed by atoms with E-state index in [2.05, 4.69) is 11.6 Å². The minimum absolute atomic E-state index is 0.122. The molecule has 0 aromatic carbocycles. The van der Waals surface area contributed by atoms with Crippen molar-refractivity contribution in [3.8, 4) is 5.75 Å². The number of aromatic hydroxyl groups is 1. The zero-order valence-electron chi connectivity index (χ0n) is 6.77. The van der Waals surface area contributed by atoms with Crippen LogP contribution in [-0.4, -0.2) is 10.1 Å². The van der Waals surface area contributed by atoms with Crippen LogP contribution in [0.3, 0.4) is 0 Å². The number of rotatable bonds is 3. The standard InChI is InChI=1S/C9H12N2O/c1-2-3-8(10)9-5-4-7(12)6-11-9/h2,4-6,8,12H,1,3,10H2/t8-/m0/s1. The summed E-state index contributed by atoms with van der Waals surface area (Å²) in [7, 11) is 0. The van der Waals surface area contributed by atoms with Gasteiger partial charge >= 0.3 is 0 Å². The van der Waals surface area contributed by atoms with Crippen LogP contribution in [0.4, 0.5) is 0 Å². The molecule has 0 fully saturated rings. The Bertz CT molecular complexity index is 256. The molecule has 0 spiro atoms. The average Bonchev–Trinajstić information content (AvgIpc) is 2.06. The predicted octanol–water partition coefficient (Wildman–Crippen LogP) is 1.36. The molecule has 0 aliphatic carbocycles. The van der Waals surface area contributed by atoms with Gasteiger partial charge < -0.3 is 10.8 Å². The third-order valence-corrected chi connectivity index (χ3v) is 1.57. The van der Waals surface area contributed by atoms with E-state index in [9.17, 15) is 0 Å².